The van der Waals surface area contributed by atoms with Crippen molar-refractivity contribution in [3.05, 3.63) is 24.3 Å². The topological polar surface area (TPSA) is 32.3 Å². The van der Waals surface area contributed by atoms with Crippen LogP contribution in [0, 0.1) is 11.8 Å². The van der Waals surface area contributed by atoms with Crippen molar-refractivity contribution in [2.45, 2.75) is 71.5 Å². The first-order valence-corrected chi connectivity index (χ1v) is 8.23. The fourth-order valence-corrected chi connectivity index (χ4v) is 2.84. The van der Waals surface area contributed by atoms with Gasteiger partial charge in [-0.3, -0.25) is 0 Å². The summed E-state index contributed by atoms with van der Waals surface area (Å²) < 4.78 is 6.05. The Bertz CT molecular complexity index is 309. The fraction of sp³-hybridized carbons (Fsp3) is 0.778. The second-order valence-corrected chi connectivity index (χ2v) is 6.11. The predicted octanol–water partition coefficient (Wildman–Crippen LogP) is 3.86. The van der Waals surface area contributed by atoms with Crippen molar-refractivity contribution in [1.82, 2.24) is 0 Å². The Morgan fingerprint density at radius 1 is 1.15 bits per heavy atom. The molecule has 0 bridgehead atoms. The van der Waals surface area contributed by atoms with Gasteiger partial charge in [-0.25, -0.2) is 0 Å². The van der Waals surface area contributed by atoms with Gasteiger partial charge in [0.15, 0.2) is 0 Å². The summed E-state index contributed by atoms with van der Waals surface area (Å²) in [5.41, 5.74) is 0.988. The number of hydrogen-bond acceptors (Lipinski definition) is 2. The highest BCUT2D eigenvalue weighted by atomic mass is 16.5. The van der Waals surface area contributed by atoms with E-state index in [2.05, 4.69) is 20.4 Å². The van der Waals surface area contributed by atoms with Crippen molar-refractivity contribution in [3.63, 3.8) is 0 Å². The monoisotopic (exact) mass is 279 g/mol. The third-order valence-electron chi connectivity index (χ3n) is 4.54. The molecule has 0 heterocycles. The summed E-state index contributed by atoms with van der Waals surface area (Å²) in [5, 5.41) is 11.9. The van der Waals surface area contributed by atoms with Gasteiger partial charge >= 0.3 is 0 Å². The van der Waals surface area contributed by atoms with Crippen LogP contribution in [0.5, 0.6) is 0 Å². The molecule has 116 valence electrons. The second-order valence-electron chi connectivity index (χ2n) is 6.11. The molecule has 0 radical (unpaired) electrons. The maximum absolute atomic E-state index is 11.9. The molecule has 1 aliphatic carbocycles. The zero-order valence-electron chi connectivity index (χ0n) is 13.4. The Hall–Kier alpha value is -0.600. The van der Waals surface area contributed by atoms with Crippen molar-refractivity contribution in [2.24, 2.45) is 11.8 Å². The lowest BCUT2D eigenvalue weighted by atomic mass is 9.78. The molecule has 0 fully saturated rings. The van der Waals surface area contributed by atoms with Crippen LogP contribution in [-0.4, -0.2) is 18.8 Å². The summed E-state index contributed by atoms with van der Waals surface area (Å²) in [7, 11) is 0. The van der Waals surface area contributed by atoms with E-state index in [-0.39, 0.29) is 17.9 Å². The summed E-state index contributed by atoms with van der Waals surface area (Å²) in [6.45, 7) is 11.0. The van der Waals surface area contributed by atoms with E-state index >= 15 is 0 Å². The molecule has 0 aliphatic heterocycles. The minimum atomic E-state index is -0.619. The Labute approximate surface area is 124 Å². The van der Waals surface area contributed by atoms with E-state index < -0.39 is 6.10 Å². The van der Waals surface area contributed by atoms with Crippen LogP contribution in [0.2, 0.25) is 0 Å². The maximum Gasteiger partial charge on any atom is 0.0849 e. The maximum atomic E-state index is 11.9. The zero-order valence-corrected chi connectivity index (χ0v) is 13.4. The highest BCUT2D eigenvalue weighted by Crippen LogP contribution is 2.31. The van der Waals surface area contributed by atoms with E-state index in [1.165, 1.54) is 32.1 Å². The van der Waals surface area contributed by atoms with Gasteiger partial charge in [-0.15, -0.1) is 6.10 Å². The van der Waals surface area contributed by atoms with Crippen LogP contribution < -0.4 is 5.11 Å². The van der Waals surface area contributed by atoms with Gasteiger partial charge in [-0.05, 0) is 23.8 Å². The lowest BCUT2D eigenvalue weighted by Gasteiger charge is -2.41. The third kappa shape index (κ3) is 5.06. The molecule has 0 N–H and O–H groups in total. The standard InChI is InChI=1S/C18H31O2/c1-5-7-8-9-10-11-12-20-18-15(4)14(3)17(19)13-16(18)6-2/h6,13-15,17-18H,2,5,7-12H2,1,3-4H3/q-1. The highest BCUT2D eigenvalue weighted by molar-refractivity contribution is 5.27. The molecule has 0 aromatic carbocycles. The summed E-state index contributed by atoms with van der Waals surface area (Å²) in [6, 6.07) is 0. The SMILES string of the molecule is C=CC1=CC([O-])C(C)C(C)C1OCCCCCCCC. The molecule has 2 nitrogen and oxygen atoms in total. The van der Waals surface area contributed by atoms with Gasteiger partial charge in [-0.2, -0.15) is 0 Å². The lowest BCUT2D eigenvalue weighted by molar-refractivity contribution is -0.420. The van der Waals surface area contributed by atoms with Crippen molar-refractivity contribution >= 4 is 0 Å². The van der Waals surface area contributed by atoms with Crippen LogP contribution in [0.4, 0.5) is 0 Å². The van der Waals surface area contributed by atoms with Crippen LogP contribution in [-0.2, 0) is 4.74 Å². The number of hydrogen-bond donors (Lipinski definition) is 0. The van der Waals surface area contributed by atoms with E-state index in [9.17, 15) is 5.11 Å². The van der Waals surface area contributed by atoms with Crippen LogP contribution >= 0.6 is 0 Å². The molecular weight excluding hydrogens is 248 g/mol. The smallest absolute Gasteiger partial charge is 0.0849 e. The van der Waals surface area contributed by atoms with Crippen LogP contribution in [0.15, 0.2) is 24.3 Å². The molecule has 0 spiro atoms. The molecule has 1 rings (SSSR count). The first-order chi connectivity index (χ1) is 9.61. The van der Waals surface area contributed by atoms with Gasteiger partial charge < -0.3 is 9.84 Å². The summed E-state index contributed by atoms with van der Waals surface area (Å²) in [4.78, 5) is 0. The molecule has 0 aromatic rings. The molecule has 0 saturated heterocycles. The molecule has 1 aliphatic rings. The van der Waals surface area contributed by atoms with E-state index in [0.29, 0.717) is 0 Å². The average Bonchev–Trinajstić information content (AvgIpc) is 2.45. The van der Waals surface area contributed by atoms with Gasteiger partial charge in [0.05, 0.1) is 6.10 Å². The van der Waals surface area contributed by atoms with Crippen LogP contribution in [0.3, 0.4) is 0 Å². The van der Waals surface area contributed by atoms with E-state index in [1.54, 1.807) is 12.2 Å². The molecule has 4 atom stereocenters. The Morgan fingerprint density at radius 3 is 2.45 bits per heavy atom. The zero-order chi connectivity index (χ0) is 15.0. The average molecular weight is 279 g/mol. The van der Waals surface area contributed by atoms with Crippen molar-refractivity contribution in [1.29, 1.82) is 0 Å². The molecule has 2 heteroatoms. The number of unbranched alkanes of at least 4 members (excludes halogenated alkanes) is 5. The van der Waals surface area contributed by atoms with Crippen molar-refractivity contribution in [2.75, 3.05) is 6.61 Å². The predicted molar refractivity (Wildman–Crippen MR) is 83.5 cm³/mol. The summed E-state index contributed by atoms with van der Waals surface area (Å²) in [5.74, 6) is 0.406. The number of rotatable bonds is 9. The second kappa shape index (κ2) is 9.36. The van der Waals surface area contributed by atoms with E-state index in [0.717, 1.165) is 18.6 Å². The first-order valence-electron chi connectivity index (χ1n) is 8.23. The normalized spacial score (nSPS) is 30.1. The minimum Gasteiger partial charge on any atom is -0.849 e. The first kappa shape index (κ1) is 17.5. The summed E-state index contributed by atoms with van der Waals surface area (Å²) >= 11 is 0. The van der Waals surface area contributed by atoms with Gasteiger partial charge in [0.1, 0.15) is 0 Å². The molecule has 0 aromatic heterocycles. The Kier molecular flexibility index (Phi) is 8.16. The van der Waals surface area contributed by atoms with Crippen molar-refractivity contribution in [3.8, 4) is 0 Å². The quantitative estimate of drug-likeness (QED) is 0.600. The van der Waals surface area contributed by atoms with E-state index in [4.69, 9.17) is 4.74 Å². The summed E-state index contributed by atoms with van der Waals surface area (Å²) in [6.07, 6.45) is 10.7. The molecule has 0 saturated carbocycles. The molecule has 0 amide bonds. The molecule has 20 heavy (non-hydrogen) atoms. The molecule has 4 unspecified atom stereocenters. The van der Waals surface area contributed by atoms with Gasteiger partial charge in [0.25, 0.3) is 0 Å². The highest BCUT2D eigenvalue weighted by Gasteiger charge is 2.30. The largest absolute Gasteiger partial charge is 0.849 e. The fourth-order valence-electron chi connectivity index (χ4n) is 2.84. The van der Waals surface area contributed by atoms with Crippen LogP contribution in [0.1, 0.15) is 59.3 Å². The Balaban J connectivity index is 2.33. The molecular formula is C18H31O2-. The Morgan fingerprint density at radius 2 is 1.80 bits per heavy atom. The van der Waals surface area contributed by atoms with Gasteiger partial charge in [0, 0.05) is 6.61 Å². The van der Waals surface area contributed by atoms with Gasteiger partial charge in [-0.1, -0.05) is 71.6 Å². The minimum absolute atomic E-state index is 0.0586. The lowest BCUT2D eigenvalue weighted by Crippen LogP contribution is -2.44. The number of ether oxygens (including phenoxy) is 1. The van der Waals surface area contributed by atoms with Crippen molar-refractivity contribution < 1.29 is 9.84 Å². The third-order valence-corrected chi connectivity index (χ3v) is 4.54. The van der Waals surface area contributed by atoms with E-state index in [1.807, 2.05) is 6.92 Å². The van der Waals surface area contributed by atoms with Gasteiger partial charge in [0.2, 0.25) is 0 Å². The van der Waals surface area contributed by atoms with Crippen LogP contribution in [0.25, 0.3) is 0 Å².